The number of aryl methyl sites for hydroxylation is 2. The summed E-state index contributed by atoms with van der Waals surface area (Å²) in [7, 11) is 0. The fraction of sp³-hybridized carbons (Fsp3) is 0.364. The number of nitrogens with zero attached hydrogens (tertiary/aromatic N) is 1. The van der Waals surface area contributed by atoms with Crippen LogP contribution in [0.3, 0.4) is 0 Å². The van der Waals surface area contributed by atoms with Gasteiger partial charge in [0.25, 0.3) is 0 Å². The largest absolute Gasteiger partial charge is 0.238 e. The van der Waals surface area contributed by atoms with Gasteiger partial charge in [-0.25, -0.2) is 9.18 Å². The second-order valence-corrected chi connectivity index (χ2v) is 3.47. The standard InChI is InChI=1S/C11H12FNO/c1-8-4-5-10(9(2)6-8)11(3,12)13-7-14/h4-6H,1-3H3. The molecule has 1 rings (SSSR count). The van der Waals surface area contributed by atoms with Crippen LogP contribution >= 0.6 is 0 Å². The predicted molar refractivity (Wildman–Crippen MR) is 52.5 cm³/mol. The molecule has 0 spiro atoms. The number of hydrogen-bond acceptors (Lipinski definition) is 2. The Balaban J connectivity index is 3.25. The van der Waals surface area contributed by atoms with Gasteiger partial charge in [0.05, 0.1) is 0 Å². The molecule has 1 unspecified atom stereocenters. The van der Waals surface area contributed by atoms with Gasteiger partial charge in [0, 0.05) is 5.56 Å². The van der Waals surface area contributed by atoms with Crippen LogP contribution in [0.1, 0.15) is 23.6 Å². The molecule has 0 amide bonds. The third-order valence-corrected chi connectivity index (χ3v) is 2.13. The van der Waals surface area contributed by atoms with Gasteiger partial charge in [0.15, 0.2) is 0 Å². The van der Waals surface area contributed by atoms with E-state index >= 15 is 0 Å². The van der Waals surface area contributed by atoms with Crippen molar-refractivity contribution < 1.29 is 9.18 Å². The average molecular weight is 193 g/mol. The number of alkyl halides is 1. The predicted octanol–water partition coefficient (Wildman–Crippen LogP) is 2.78. The van der Waals surface area contributed by atoms with E-state index in [1.165, 1.54) is 13.0 Å². The maximum absolute atomic E-state index is 13.8. The molecular formula is C11H12FNO. The van der Waals surface area contributed by atoms with E-state index in [4.69, 9.17) is 0 Å². The highest BCUT2D eigenvalue weighted by molar-refractivity contribution is 5.39. The molecule has 0 heterocycles. The number of benzene rings is 1. The van der Waals surface area contributed by atoms with Crippen molar-refractivity contribution in [3.8, 4) is 0 Å². The van der Waals surface area contributed by atoms with E-state index < -0.39 is 5.79 Å². The van der Waals surface area contributed by atoms with Crippen molar-refractivity contribution in [3.63, 3.8) is 0 Å². The van der Waals surface area contributed by atoms with Gasteiger partial charge in [0.1, 0.15) is 0 Å². The Bertz CT molecular complexity index is 392. The first-order valence-electron chi connectivity index (χ1n) is 4.33. The van der Waals surface area contributed by atoms with Gasteiger partial charge in [-0.05, 0) is 26.3 Å². The maximum atomic E-state index is 13.8. The summed E-state index contributed by atoms with van der Waals surface area (Å²) in [5, 5.41) is 0. The van der Waals surface area contributed by atoms with Crippen molar-refractivity contribution in [2.45, 2.75) is 26.6 Å². The molecule has 0 N–H and O–H groups in total. The van der Waals surface area contributed by atoms with Gasteiger partial charge >= 0.3 is 0 Å². The summed E-state index contributed by atoms with van der Waals surface area (Å²) < 4.78 is 13.8. The van der Waals surface area contributed by atoms with Crippen LogP contribution < -0.4 is 0 Å². The number of aliphatic imine (C=N–C) groups is 1. The molecule has 0 fully saturated rings. The summed E-state index contributed by atoms with van der Waals surface area (Å²) in [6.07, 6.45) is 1.25. The molecule has 0 aliphatic rings. The lowest BCUT2D eigenvalue weighted by Crippen LogP contribution is -2.13. The normalized spacial score (nSPS) is 14.3. The van der Waals surface area contributed by atoms with E-state index in [2.05, 4.69) is 4.99 Å². The highest BCUT2D eigenvalue weighted by atomic mass is 19.1. The molecule has 2 nitrogen and oxygen atoms in total. The van der Waals surface area contributed by atoms with Gasteiger partial charge in [0.2, 0.25) is 11.9 Å². The van der Waals surface area contributed by atoms with E-state index in [0.717, 1.165) is 11.1 Å². The Hall–Kier alpha value is -1.47. The molecule has 1 aromatic rings. The van der Waals surface area contributed by atoms with E-state index in [9.17, 15) is 9.18 Å². The van der Waals surface area contributed by atoms with Crippen molar-refractivity contribution in [2.75, 3.05) is 0 Å². The molecule has 0 aliphatic carbocycles. The lowest BCUT2D eigenvalue weighted by molar-refractivity contribution is 0.205. The highest BCUT2D eigenvalue weighted by Gasteiger charge is 2.26. The second kappa shape index (κ2) is 3.72. The summed E-state index contributed by atoms with van der Waals surface area (Å²) in [5.74, 6) is -1.97. The molecule has 0 saturated heterocycles. The fourth-order valence-electron chi connectivity index (χ4n) is 1.47. The zero-order chi connectivity index (χ0) is 10.8. The first kappa shape index (κ1) is 10.6. The van der Waals surface area contributed by atoms with Gasteiger partial charge in [-0.2, -0.15) is 4.99 Å². The first-order chi connectivity index (χ1) is 6.47. The van der Waals surface area contributed by atoms with Crippen LogP contribution in [0, 0.1) is 13.8 Å². The molecule has 1 atom stereocenters. The van der Waals surface area contributed by atoms with Gasteiger partial charge in [-0.3, -0.25) is 0 Å². The van der Waals surface area contributed by atoms with Crippen molar-refractivity contribution in [1.29, 1.82) is 0 Å². The molecule has 3 heteroatoms. The summed E-state index contributed by atoms with van der Waals surface area (Å²) in [5.41, 5.74) is 2.25. The Morgan fingerprint density at radius 3 is 2.57 bits per heavy atom. The highest BCUT2D eigenvalue weighted by Crippen LogP contribution is 2.29. The Morgan fingerprint density at radius 1 is 1.43 bits per heavy atom. The maximum Gasteiger partial charge on any atom is 0.238 e. The molecule has 0 aromatic heterocycles. The zero-order valence-corrected chi connectivity index (χ0v) is 8.47. The molecule has 74 valence electrons. The second-order valence-electron chi connectivity index (χ2n) is 3.47. The van der Waals surface area contributed by atoms with Crippen LogP contribution in [0.4, 0.5) is 4.39 Å². The van der Waals surface area contributed by atoms with Gasteiger partial charge in [-0.1, -0.05) is 23.8 Å². The van der Waals surface area contributed by atoms with Crippen molar-refractivity contribution >= 4 is 6.08 Å². The van der Waals surface area contributed by atoms with Crippen molar-refractivity contribution in [3.05, 3.63) is 34.9 Å². The summed E-state index contributed by atoms with van der Waals surface area (Å²) in [6, 6.07) is 5.29. The summed E-state index contributed by atoms with van der Waals surface area (Å²) >= 11 is 0. The molecule has 0 saturated carbocycles. The summed E-state index contributed by atoms with van der Waals surface area (Å²) in [4.78, 5) is 13.2. The lowest BCUT2D eigenvalue weighted by atomic mass is 9.99. The minimum absolute atomic E-state index is 0.409. The lowest BCUT2D eigenvalue weighted by Gasteiger charge is -2.16. The molecule has 14 heavy (non-hydrogen) atoms. The molecule has 0 bridgehead atoms. The van der Waals surface area contributed by atoms with E-state index in [-0.39, 0.29) is 0 Å². The van der Waals surface area contributed by atoms with Crippen LogP contribution in [-0.4, -0.2) is 6.08 Å². The van der Waals surface area contributed by atoms with Crippen LogP contribution in [-0.2, 0) is 10.6 Å². The Kier molecular flexibility index (Phi) is 2.82. The zero-order valence-electron chi connectivity index (χ0n) is 8.47. The fourth-order valence-corrected chi connectivity index (χ4v) is 1.47. The van der Waals surface area contributed by atoms with Gasteiger partial charge < -0.3 is 0 Å². The first-order valence-corrected chi connectivity index (χ1v) is 4.33. The third-order valence-electron chi connectivity index (χ3n) is 2.13. The van der Waals surface area contributed by atoms with Crippen molar-refractivity contribution in [1.82, 2.24) is 0 Å². The van der Waals surface area contributed by atoms with Crippen LogP contribution in [0.2, 0.25) is 0 Å². The molecule has 1 aromatic carbocycles. The van der Waals surface area contributed by atoms with E-state index in [1.54, 1.807) is 19.1 Å². The van der Waals surface area contributed by atoms with Gasteiger partial charge in [-0.15, -0.1) is 0 Å². The number of rotatable bonds is 2. The molecule has 0 aliphatic heterocycles. The average Bonchev–Trinajstić information content (AvgIpc) is 2.02. The van der Waals surface area contributed by atoms with E-state index in [1.807, 2.05) is 13.0 Å². The van der Waals surface area contributed by atoms with Crippen LogP contribution in [0.5, 0.6) is 0 Å². The number of halogens is 1. The Labute approximate surface area is 82.5 Å². The topological polar surface area (TPSA) is 29.4 Å². The monoisotopic (exact) mass is 193 g/mol. The number of hydrogen-bond donors (Lipinski definition) is 0. The molecular weight excluding hydrogens is 181 g/mol. The quantitative estimate of drug-likeness (QED) is 0.403. The smallest absolute Gasteiger partial charge is 0.212 e. The van der Waals surface area contributed by atoms with Crippen molar-refractivity contribution in [2.24, 2.45) is 4.99 Å². The summed E-state index contributed by atoms with van der Waals surface area (Å²) in [6.45, 7) is 4.96. The number of isocyanates is 1. The minimum atomic E-state index is -1.97. The third kappa shape index (κ3) is 2.06. The SMILES string of the molecule is Cc1ccc(C(C)(F)N=C=O)c(C)c1. The Morgan fingerprint density at radius 2 is 2.07 bits per heavy atom. The van der Waals surface area contributed by atoms with E-state index in [0.29, 0.717) is 5.56 Å². The van der Waals surface area contributed by atoms with Crippen LogP contribution in [0.15, 0.2) is 23.2 Å². The minimum Gasteiger partial charge on any atom is -0.212 e. The number of carbonyl (C=O) groups excluding carboxylic acids is 1. The molecule has 0 radical (unpaired) electrons. The van der Waals surface area contributed by atoms with Crippen LogP contribution in [0.25, 0.3) is 0 Å².